The first-order valence-corrected chi connectivity index (χ1v) is 8.77. The minimum absolute atomic E-state index is 0.178. The zero-order valence-corrected chi connectivity index (χ0v) is 15.3. The molecule has 0 saturated heterocycles. The molecule has 0 spiro atoms. The standard InChI is InChI=1S/C19H24N4O3/c1-12(2)6-7-20-18(24)15-8-13(3)22-19(23-15)21-10-14-4-5-16-17(9-14)26-11-25-16/h4-5,8-9,12H,6-7,10-11H2,1-3H3,(H,20,24)(H,21,22,23). The predicted molar refractivity (Wildman–Crippen MR) is 98.4 cm³/mol. The minimum Gasteiger partial charge on any atom is -0.454 e. The Labute approximate surface area is 153 Å². The van der Waals surface area contributed by atoms with Crippen molar-refractivity contribution in [2.75, 3.05) is 18.7 Å². The number of carbonyl (C=O) groups is 1. The Balaban J connectivity index is 1.63. The first-order valence-electron chi connectivity index (χ1n) is 8.77. The molecular formula is C19H24N4O3. The van der Waals surface area contributed by atoms with Crippen LogP contribution in [0.4, 0.5) is 5.95 Å². The normalized spacial score (nSPS) is 12.3. The zero-order chi connectivity index (χ0) is 18.5. The number of carbonyl (C=O) groups excluding carboxylic acids is 1. The number of amides is 1. The van der Waals surface area contributed by atoms with Gasteiger partial charge in [0.1, 0.15) is 5.69 Å². The van der Waals surface area contributed by atoms with Crippen LogP contribution in [0.2, 0.25) is 0 Å². The van der Waals surface area contributed by atoms with Gasteiger partial charge in [-0.2, -0.15) is 0 Å². The van der Waals surface area contributed by atoms with Crippen LogP contribution in [0.1, 0.15) is 42.0 Å². The van der Waals surface area contributed by atoms with Crippen LogP contribution in [-0.4, -0.2) is 29.2 Å². The van der Waals surface area contributed by atoms with E-state index in [1.165, 1.54) is 0 Å². The molecule has 0 aliphatic carbocycles. The Hall–Kier alpha value is -2.83. The molecule has 7 heteroatoms. The average molecular weight is 356 g/mol. The van der Waals surface area contributed by atoms with Gasteiger partial charge >= 0.3 is 0 Å². The van der Waals surface area contributed by atoms with Crippen molar-refractivity contribution in [2.45, 2.75) is 33.7 Å². The molecule has 0 unspecified atom stereocenters. The molecule has 0 radical (unpaired) electrons. The van der Waals surface area contributed by atoms with E-state index >= 15 is 0 Å². The summed E-state index contributed by atoms with van der Waals surface area (Å²) in [6.07, 6.45) is 0.936. The van der Waals surface area contributed by atoms with Crippen LogP contribution in [0.5, 0.6) is 11.5 Å². The van der Waals surface area contributed by atoms with Crippen molar-refractivity contribution in [1.82, 2.24) is 15.3 Å². The van der Waals surface area contributed by atoms with Crippen molar-refractivity contribution < 1.29 is 14.3 Å². The van der Waals surface area contributed by atoms with E-state index in [2.05, 4.69) is 34.4 Å². The third-order valence-corrected chi connectivity index (χ3v) is 3.98. The third-order valence-electron chi connectivity index (χ3n) is 3.98. The highest BCUT2D eigenvalue weighted by Crippen LogP contribution is 2.32. The Kier molecular flexibility index (Phi) is 5.55. The van der Waals surface area contributed by atoms with Crippen LogP contribution in [0, 0.1) is 12.8 Å². The summed E-state index contributed by atoms with van der Waals surface area (Å²) in [5.74, 6) is 2.28. The number of fused-ring (bicyclic) bond motifs is 1. The predicted octanol–water partition coefficient (Wildman–Crippen LogP) is 2.90. The second-order valence-corrected chi connectivity index (χ2v) is 6.70. The number of ether oxygens (including phenoxy) is 2. The maximum absolute atomic E-state index is 12.3. The van der Waals surface area contributed by atoms with Gasteiger partial charge in [0.15, 0.2) is 11.5 Å². The van der Waals surface area contributed by atoms with Crippen molar-refractivity contribution in [2.24, 2.45) is 5.92 Å². The zero-order valence-electron chi connectivity index (χ0n) is 15.3. The second kappa shape index (κ2) is 8.03. The van der Waals surface area contributed by atoms with Crippen molar-refractivity contribution in [1.29, 1.82) is 0 Å². The minimum atomic E-state index is -0.178. The van der Waals surface area contributed by atoms with E-state index in [4.69, 9.17) is 9.47 Å². The molecule has 0 bridgehead atoms. The fraction of sp³-hybridized carbons (Fsp3) is 0.421. The number of aryl methyl sites for hydroxylation is 1. The monoisotopic (exact) mass is 356 g/mol. The molecule has 7 nitrogen and oxygen atoms in total. The number of benzene rings is 1. The maximum atomic E-state index is 12.3. The van der Waals surface area contributed by atoms with Gasteiger partial charge in [0, 0.05) is 18.8 Å². The van der Waals surface area contributed by atoms with Gasteiger partial charge in [0.25, 0.3) is 5.91 Å². The molecule has 0 saturated carbocycles. The Morgan fingerprint density at radius 1 is 1.19 bits per heavy atom. The maximum Gasteiger partial charge on any atom is 0.270 e. The Morgan fingerprint density at radius 2 is 2.00 bits per heavy atom. The van der Waals surface area contributed by atoms with Crippen LogP contribution in [0.3, 0.4) is 0 Å². The molecule has 1 aromatic heterocycles. The topological polar surface area (TPSA) is 85.4 Å². The van der Waals surface area contributed by atoms with Gasteiger partial charge in [-0.1, -0.05) is 19.9 Å². The molecule has 1 amide bonds. The van der Waals surface area contributed by atoms with E-state index in [0.29, 0.717) is 30.6 Å². The van der Waals surface area contributed by atoms with Crippen LogP contribution in [0.15, 0.2) is 24.3 Å². The van der Waals surface area contributed by atoms with Gasteiger partial charge in [-0.25, -0.2) is 9.97 Å². The van der Waals surface area contributed by atoms with Gasteiger partial charge in [-0.05, 0) is 43.0 Å². The number of aromatic nitrogens is 2. The summed E-state index contributed by atoms with van der Waals surface area (Å²) in [6, 6.07) is 7.45. The third kappa shape index (κ3) is 4.62. The quantitative estimate of drug-likeness (QED) is 0.793. The lowest BCUT2D eigenvalue weighted by atomic mass is 10.1. The summed E-state index contributed by atoms with van der Waals surface area (Å²) in [4.78, 5) is 21.0. The molecule has 2 N–H and O–H groups in total. The molecule has 3 rings (SSSR count). The highest BCUT2D eigenvalue weighted by atomic mass is 16.7. The lowest BCUT2D eigenvalue weighted by Gasteiger charge is -2.10. The first kappa shape index (κ1) is 18.0. The molecule has 2 aromatic rings. The summed E-state index contributed by atoms with van der Waals surface area (Å²) in [6.45, 7) is 7.51. The van der Waals surface area contributed by atoms with Crippen LogP contribution < -0.4 is 20.1 Å². The van der Waals surface area contributed by atoms with Crippen molar-refractivity contribution in [3.05, 3.63) is 41.2 Å². The molecule has 138 valence electrons. The van der Waals surface area contributed by atoms with E-state index in [9.17, 15) is 4.79 Å². The molecule has 0 fully saturated rings. The van der Waals surface area contributed by atoms with Crippen molar-refractivity contribution in [3.8, 4) is 11.5 Å². The molecule has 1 aromatic carbocycles. The van der Waals surface area contributed by atoms with Gasteiger partial charge in [0.2, 0.25) is 12.7 Å². The van der Waals surface area contributed by atoms with E-state index < -0.39 is 0 Å². The van der Waals surface area contributed by atoms with E-state index in [1.54, 1.807) is 6.07 Å². The lowest BCUT2D eigenvalue weighted by molar-refractivity contribution is 0.0947. The number of rotatable bonds is 7. The molecule has 2 heterocycles. The summed E-state index contributed by atoms with van der Waals surface area (Å²) in [5.41, 5.74) is 2.12. The summed E-state index contributed by atoms with van der Waals surface area (Å²) in [5, 5.41) is 6.06. The van der Waals surface area contributed by atoms with Gasteiger partial charge in [-0.15, -0.1) is 0 Å². The van der Waals surface area contributed by atoms with E-state index in [1.807, 2.05) is 25.1 Å². The number of anilines is 1. The lowest BCUT2D eigenvalue weighted by Crippen LogP contribution is -2.26. The number of nitrogens with zero attached hydrogens (tertiary/aromatic N) is 2. The Bertz CT molecular complexity index is 792. The largest absolute Gasteiger partial charge is 0.454 e. The molecular weight excluding hydrogens is 332 g/mol. The highest BCUT2D eigenvalue weighted by molar-refractivity contribution is 5.92. The second-order valence-electron chi connectivity index (χ2n) is 6.70. The number of nitrogens with one attached hydrogen (secondary N) is 2. The van der Waals surface area contributed by atoms with Gasteiger partial charge in [-0.3, -0.25) is 4.79 Å². The smallest absolute Gasteiger partial charge is 0.270 e. The van der Waals surface area contributed by atoms with E-state index in [0.717, 1.165) is 29.2 Å². The van der Waals surface area contributed by atoms with Crippen LogP contribution in [0.25, 0.3) is 0 Å². The highest BCUT2D eigenvalue weighted by Gasteiger charge is 2.14. The van der Waals surface area contributed by atoms with E-state index in [-0.39, 0.29) is 12.7 Å². The number of hydrogen-bond donors (Lipinski definition) is 2. The van der Waals surface area contributed by atoms with Gasteiger partial charge < -0.3 is 20.1 Å². The molecule has 26 heavy (non-hydrogen) atoms. The SMILES string of the molecule is Cc1cc(C(=O)NCCC(C)C)nc(NCc2ccc3c(c2)OCO3)n1. The summed E-state index contributed by atoms with van der Waals surface area (Å²) in [7, 11) is 0. The summed E-state index contributed by atoms with van der Waals surface area (Å²) < 4.78 is 10.7. The van der Waals surface area contributed by atoms with Crippen molar-refractivity contribution >= 4 is 11.9 Å². The average Bonchev–Trinajstić information content (AvgIpc) is 3.07. The fourth-order valence-corrected chi connectivity index (χ4v) is 2.56. The molecule has 0 atom stereocenters. The number of hydrogen-bond acceptors (Lipinski definition) is 6. The van der Waals surface area contributed by atoms with Crippen LogP contribution in [-0.2, 0) is 6.54 Å². The fourth-order valence-electron chi connectivity index (χ4n) is 2.56. The summed E-state index contributed by atoms with van der Waals surface area (Å²) >= 11 is 0. The first-order chi connectivity index (χ1) is 12.5. The Morgan fingerprint density at radius 3 is 2.81 bits per heavy atom. The molecule has 1 aliphatic heterocycles. The molecule has 1 aliphatic rings. The van der Waals surface area contributed by atoms with Crippen molar-refractivity contribution in [3.63, 3.8) is 0 Å². The van der Waals surface area contributed by atoms with Gasteiger partial charge in [0.05, 0.1) is 0 Å². The van der Waals surface area contributed by atoms with Crippen LogP contribution >= 0.6 is 0 Å².